The van der Waals surface area contributed by atoms with Gasteiger partial charge in [0.25, 0.3) is 0 Å². The lowest BCUT2D eigenvalue weighted by atomic mass is 10.1. The summed E-state index contributed by atoms with van der Waals surface area (Å²) in [6.07, 6.45) is 0.968. The Hall–Kier alpha value is -0.680. The lowest BCUT2D eigenvalue weighted by Crippen LogP contribution is -2.42. The Morgan fingerprint density at radius 2 is 2.33 bits per heavy atom. The van der Waals surface area contributed by atoms with E-state index in [1.807, 2.05) is 6.92 Å². The number of thiocarbonyl (C=S) groups is 1. The molecule has 86 valence electrons. The van der Waals surface area contributed by atoms with Crippen LogP contribution in [0.25, 0.3) is 0 Å². The second kappa shape index (κ2) is 5.42. The first-order chi connectivity index (χ1) is 7.02. The third-order valence-corrected chi connectivity index (χ3v) is 2.91. The van der Waals surface area contributed by atoms with Crippen molar-refractivity contribution >= 4 is 23.1 Å². The van der Waals surface area contributed by atoms with Gasteiger partial charge >= 0.3 is 0 Å². The number of hydrogen-bond donors (Lipinski definition) is 1. The highest BCUT2D eigenvalue weighted by Gasteiger charge is 2.25. The Labute approximate surface area is 95.8 Å². The number of ether oxygens (including phenoxy) is 1. The molecular formula is C10H18N2O2S. The molecule has 0 aromatic rings. The fourth-order valence-electron chi connectivity index (χ4n) is 1.59. The third kappa shape index (κ3) is 3.43. The summed E-state index contributed by atoms with van der Waals surface area (Å²) in [6.45, 7) is 5.80. The van der Waals surface area contributed by atoms with Crippen LogP contribution < -0.4 is 5.73 Å². The quantitative estimate of drug-likeness (QED) is 0.704. The van der Waals surface area contributed by atoms with Crippen LogP contribution in [0.3, 0.4) is 0 Å². The van der Waals surface area contributed by atoms with Gasteiger partial charge in [-0.3, -0.25) is 4.79 Å². The number of amides is 1. The minimum Gasteiger partial charge on any atom is -0.393 e. The van der Waals surface area contributed by atoms with E-state index < -0.39 is 0 Å². The molecule has 2 atom stereocenters. The van der Waals surface area contributed by atoms with Gasteiger partial charge in [-0.15, -0.1) is 0 Å². The fourth-order valence-corrected chi connectivity index (χ4v) is 1.69. The van der Waals surface area contributed by atoms with Gasteiger partial charge in [0.1, 0.15) is 0 Å². The summed E-state index contributed by atoms with van der Waals surface area (Å²) in [4.78, 5) is 14.0. The van der Waals surface area contributed by atoms with Crippen molar-refractivity contribution in [1.29, 1.82) is 0 Å². The molecule has 0 bridgehead atoms. The molecule has 5 heteroatoms. The van der Waals surface area contributed by atoms with Crippen molar-refractivity contribution in [2.45, 2.75) is 26.4 Å². The van der Waals surface area contributed by atoms with Crippen molar-refractivity contribution in [3.63, 3.8) is 0 Å². The molecule has 1 amide bonds. The number of carbonyl (C=O) groups is 1. The van der Waals surface area contributed by atoms with Crippen LogP contribution in [0.1, 0.15) is 20.3 Å². The van der Waals surface area contributed by atoms with Crippen LogP contribution in [0.2, 0.25) is 0 Å². The number of nitrogens with zero attached hydrogens (tertiary/aromatic N) is 1. The highest BCUT2D eigenvalue weighted by Crippen LogP contribution is 2.10. The fraction of sp³-hybridized carbons (Fsp3) is 0.800. The van der Waals surface area contributed by atoms with Gasteiger partial charge in [-0.2, -0.15) is 0 Å². The molecule has 1 aliphatic rings. The van der Waals surface area contributed by atoms with Crippen molar-refractivity contribution in [3.05, 3.63) is 0 Å². The van der Waals surface area contributed by atoms with Gasteiger partial charge in [0, 0.05) is 19.7 Å². The molecule has 1 rings (SSSR count). The number of nitrogens with two attached hydrogens (primary N) is 1. The molecule has 0 aromatic carbocycles. The first kappa shape index (κ1) is 12.4. The van der Waals surface area contributed by atoms with E-state index in [2.05, 4.69) is 0 Å². The van der Waals surface area contributed by atoms with Gasteiger partial charge in [-0.05, 0) is 20.3 Å². The number of rotatable bonds is 2. The van der Waals surface area contributed by atoms with E-state index >= 15 is 0 Å². The number of carbonyl (C=O) groups excluding carboxylic acids is 1. The Morgan fingerprint density at radius 1 is 1.67 bits per heavy atom. The lowest BCUT2D eigenvalue weighted by molar-refractivity contribution is -0.133. The topological polar surface area (TPSA) is 55.6 Å². The van der Waals surface area contributed by atoms with Crippen molar-refractivity contribution < 1.29 is 9.53 Å². The van der Waals surface area contributed by atoms with Crippen LogP contribution in [0.4, 0.5) is 0 Å². The Bertz CT molecular complexity index is 258. The van der Waals surface area contributed by atoms with Crippen molar-refractivity contribution in [3.8, 4) is 0 Å². The minimum atomic E-state index is -0.370. The zero-order valence-electron chi connectivity index (χ0n) is 9.23. The molecule has 1 heterocycles. The summed E-state index contributed by atoms with van der Waals surface area (Å²) in [5.74, 6) is -0.356. The molecule has 1 saturated heterocycles. The van der Waals surface area contributed by atoms with Crippen LogP contribution in [0.15, 0.2) is 0 Å². The SMILES string of the molecule is CC1CN(C(=O)C(C)C(N)=S)CCCO1. The van der Waals surface area contributed by atoms with Crippen LogP contribution in [0.5, 0.6) is 0 Å². The first-order valence-electron chi connectivity index (χ1n) is 5.22. The molecule has 1 aliphatic heterocycles. The zero-order chi connectivity index (χ0) is 11.4. The molecule has 15 heavy (non-hydrogen) atoms. The standard InChI is InChI=1S/C10H18N2O2S/c1-7-6-12(4-3-5-14-7)10(13)8(2)9(11)15/h7-8H,3-6H2,1-2H3,(H2,11,15). The summed E-state index contributed by atoms with van der Waals surface area (Å²) in [7, 11) is 0. The van der Waals surface area contributed by atoms with E-state index in [1.54, 1.807) is 11.8 Å². The van der Waals surface area contributed by atoms with E-state index in [-0.39, 0.29) is 22.9 Å². The van der Waals surface area contributed by atoms with E-state index in [9.17, 15) is 4.79 Å². The molecule has 2 N–H and O–H groups in total. The Balaban J connectivity index is 2.61. The maximum atomic E-state index is 11.9. The highest BCUT2D eigenvalue weighted by atomic mass is 32.1. The molecule has 0 radical (unpaired) electrons. The smallest absolute Gasteiger partial charge is 0.232 e. The van der Waals surface area contributed by atoms with E-state index in [4.69, 9.17) is 22.7 Å². The molecule has 0 aromatic heterocycles. The zero-order valence-corrected chi connectivity index (χ0v) is 10.0. The molecular weight excluding hydrogens is 212 g/mol. The maximum Gasteiger partial charge on any atom is 0.232 e. The molecule has 4 nitrogen and oxygen atoms in total. The predicted octanol–water partition coefficient (Wildman–Crippen LogP) is 0.546. The van der Waals surface area contributed by atoms with Crippen molar-refractivity contribution in [2.24, 2.45) is 11.7 Å². The second-order valence-electron chi connectivity index (χ2n) is 3.94. The first-order valence-corrected chi connectivity index (χ1v) is 5.63. The average molecular weight is 230 g/mol. The summed E-state index contributed by atoms with van der Waals surface area (Å²) in [5.41, 5.74) is 5.47. The van der Waals surface area contributed by atoms with Gasteiger partial charge in [-0.1, -0.05) is 12.2 Å². The van der Waals surface area contributed by atoms with Crippen LogP contribution in [-0.2, 0) is 9.53 Å². The maximum absolute atomic E-state index is 11.9. The molecule has 2 unspecified atom stereocenters. The van der Waals surface area contributed by atoms with Gasteiger partial charge in [0.05, 0.1) is 17.0 Å². The number of hydrogen-bond acceptors (Lipinski definition) is 3. The van der Waals surface area contributed by atoms with E-state index in [0.29, 0.717) is 13.2 Å². The summed E-state index contributed by atoms with van der Waals surface area (Å²) >= 11 is 4.83. The second-order valence-corrected chi connectivity index (χ2v) is 4.41. The van der Waals surface area contributed by atoms with Crippen LogP contribution in [0, 0.1) is 5.92 Å². The van der Waals surface area contributed by atoms with Gasteiger partial charge < -0.3 is 15.4 Å². The molecule has 0 aliphatic carbocycles. The summed E-state index contributed by atoms with van der Waals surface area (Å²) in [5, 5.41) is 0. The Morgan fingerprint density at radius 3 is 2.93 bits per heavy atom. The van der Waals surface area contributed by atoms with Gasteiger partial charge in [0.2, 0.25) is 5.91 Å². The van der Waals surface area contributed by atoms with Crippen molar-refractivity contribution in [1.82, 2.24) is 4.90 Å². The highest BCUT2D eigenvalue weighted by molar-refractivity contribution is 7.80. The van der Waals surface area contributed by atoms with Gasteiger partial charge in [-0.25, -0.2) is 0 Å². The lowest BCUT2D eigenvalue weighted by Gasteiger charge is -2.24. The van der Waals surface area contributed by atoms with Crippen LogP contribution in [-0.4, -0.2) is 41.6 Å². The van der Waals surface area contributed by atoms with Crippen molar-refractivity contribution in [2.75, 3.05) is 19.7 Å². The van der Waals surface area contributed by atoms with Gasteiger partial charge in [0.15, 0.2) is 0 Å². The predicted molar refractivity (Wildman–Crippen MR) is 62.6 cm³/mol. The monoisotopic (exact) mass is 230 g/mol. The minimum absolute atomic E-state index is 0.0138. The molecule has 1 fully saturated rings. The van der Waals surface area contributed by atoms with E-state index in [0.717, 1.165) is 13.0 Å². The largest absolute Gasteiger partial charge is 0.393 e. The summed E-state index contributed by atoms with van der Waals surface area (Å²) < 4.78 is 5.47. The average Bonchev–Trinajstić information content (AvgIpc) is 2.40. The molecule has 0 spiro atoms. The van der Waals surface area contributed by atoms with E-state index in [1.165, 1.54) is 0 Å². The normalized spacial score (nSPS) is 24.4. The third-order valence-electron chi connectivity index (χ3n) is 2.56. The van der Waals surface area contributed by atoms with Crippen LogP contribution >= 0.6 is 12.2 Å². The summed E-state index contributed by atoms with van der Waals surface area (Å²) in [6, 6.07) is 0. The Kier molecular flexibility index (Phi) is 4.47. The molecule has 0 saturated carbocycles.